The third-order valence-corrected chi connectivity index (χ3v) is 3.24. The van der Waals surface area contributed by atoms with Crippen LogP contribution in [0.4, 0.5) is 0 Å². The van der Waals surface area contributed by atoms with Gasteiger partial charge in [0, 0.05) is 6.61 Å². The third-order valence-electron chi connectivity index (χ3n) is 2.54. The molecular formula is C10H15NOS. The maximum atomic E-state index is 6.10. The highest BCUT2D eigenvalue weighted by molar-refractivity contribution is 7.07. The molecule has 0 radical (unpaired) electrons. The van der Waals surface area contributed by atoms with E-state index >= 15 is 0 Å². The van der Waals surface area contributed by atoms with Crippen LogP contribution in [0, 0.1) is 0 Å². The Morgan fingerprint density at radius 1 is 1.54 bits per heavy atom. The summed E-state index contributed by atoms with van der Waals surface area (Å²) in [4.78, 5) is 0. The molecule has 0 saturated carbocycles. The molecule has 2 atom stereocenters. The molecule has 0 aromatic carbocycles. The number of nitrogens with two attached hydrogens (primary N) is 1. The highest BCUT2D eigenvalue weighted by atomic mass is 32.1. The molecule has 1 fully saturated rings. The fourth-order valence-corrected chi connectivity index (χ4v) is 2.44. The highest BCUT2D eigenvalue weighted by Gasteiger charge is 2.22. The molecule has 3 heteroatoms. The summed E-state index contributed by atoms with van der Waals surface area (Å²) in [5.74, 6) is 0. The molecule has 72 valence electrons. The fraction of sp³-hybridized carbons (Fsp3) is 0.600. The average molecular weight is 197 g/mol. The van der Waals surface area contributed by atoms with Gasteiger partial charge in [0.05, 0.1) is 12.1 Å². The van der Waals surface area contributed by atoms with E-state index in [9.17, 15) is 0 Å². The molecule has 1 aromatic heterocycles. The first kappa shape index (κ1) is 9.19. The van der Waals surface area contributed by atoms with Crippen LogP contribution in [0.5, 0.6) is 0 Å². The molecule has 2 rings (SSSR count). The van der Waals surface area contributed by atoms with Crippen LogP contribution >= 0.6 is 11.3 Å². The van der Waals surface area contributed by atoms with Crippen LogP contribution in [0.1, 0.15) is 30.9 Å². The van der Waals surface area contributed by atoms with Crippen molar-refractivity contribution in [2.75, 3.05) is 6.61 Å². The second-order valence-corrected chi connectivity index (χ2v) is 4.27. The second-order valence-electron chi connectivity index (χ2n) is 3.49. The van der Waals surface area contributed by atoms with Crippen LogP contribution < -0.4 is 5.73 Å². The van der Waals surface area contributed by atoms with Crippen molar-refractivity contribution in [1.29, 1.82) is 0 Å². The molecule has 0 aliphatic carbocycles. The van der Waals surface area contributed by atoms with E-state index in [1.807, 2.05) is 0 Å². The van der Waals surface area contributed by atoms with Crippen molar-refractivity contribution in [3.05, 3.63) is 22.4 Å². The molecule has 1 aromatic rings. The lowest BCUT2D eigenvalue weighted by Gasteiger charge is -2.27. The summed E-state index contributed by atoms with van der Waals surface area (Å²) in [5, 5.41) is 4.18. The van der Waals surface area contributed by atoms with Crippen molar-refractivity contribution < 1.29 is 4.74 Å². The third kappa shape index (κ3) is 2.10. The molecule has 0 amide bonds. The van der Waals surface area contributed by atoms with E-state index in [4.69, 9.17) is 10.5 Å². The fourth-order valence-electron chi connectivity index (χ4n) is 1.73. The normalized spacial score (nSPS) is 25.8. The molecule has 0 spiro atoms. The number of hydrogen-bond acceptors (Lipinski definition) is 3. The maximum absolute atomic E-state index is 6.10. The van der Waals surface area contributed by atoms with Crippen molar-refractivity contribution in [2.45, 2.75) is 31.4 Å². The SMILES string of the molecule is NC(c1ccsc1)C1CCCCO1. The first-order valence-corrected chi connectivity index (χ1v) is 5.71. The largest absolute Gasteiger partial charge is 0.376 e. The first-order valence-electron chi connectivity index (χ1n) is 4.77. The van der Waals surface area contributed by atoms with Crippen LogP contribution in [0.2, 0.25) is 0 Å². The van der Waals surface area contributed by atoms with E-state index in [1.54, 1.807) is 11.3 Å². The summed E-state index contributed by atoms with van der Waals surface area (Å²) in [7, 11) is 0. The molecule has 0 bridgehead atoms. The summed E-state index contributed by atoms with van der Waals surface area (Å²) in [6, 6.07) is 2.17. The Labute approximate surface area is 82.7 Å². The van der Waals surface area contributed by atoms with Crippen LogP contribution in [-0.4, -0.2) is 12.7 Å². The van der Waals surface area contributed by atoms with Gasteiger partial charge in [0.1, 0.15) is 0 Å². The second kappa shape index (κ2) is 4.22. The molecule has 1 aliphatic heterocycles. The van der Waals surface area contributed by atoms with Gasteiger partial charge in [0.15, 0.2) is 0 Å². The van der Waals surface area contributed by atoms with Gasteiger partial charge in [-0.2, -0.15) is 11.3 Å². The molecule has 2 unspecified atom stereocenters. The smallest absolute Gasteiger partial charge is 0.0767 e. The topological polar surface area (TPSA) is 35.2 Å². The minimum Gasteiger partial charge on any atom is -0.376 e. The minimum absolute atomic E-state index is 0.0755. The summed E-state index contributed by atoms with van der Waals surface area (Å²) >= 11 is 1.70. The Hall–Kier alpha value is -0.380. The lowest BCUT2D eigenvalue weighted by atomic mass is 9.99. The predicted molar refractivity (Wildman–Crippen MR) is 54.8 cm³/mol. The Morgan fingerprint density at radius 3 is 3.08 bits per heavy atom. The number of rotatable bonds is 2. The van der Waals surface area contributed by atoms with Gasteiger partial charge < -0.3 is 10.5 Å². The van der Waals surface area contributed by atoms with E-state index in [0.717, 1.165) is 13.0 Å². The predicted octanol–water partition coefficient (Wildman–Crippen LogP) is 2.32. The zero-order chi connectivity index (χ0) is 9.10. The molecule has 2 nitrogen and oxygen atoms in total. The van der Waals surface area contributed by atoms with Gasteiger partial charge in [0.25, 0.3) is 0 Å². The zero-order valence-electron chi connectivity index (χ0n) is 7.61. The summed E-state index contributed by atoms with van der Waals surface area (Å²) in [5.41, 5.74) is 7.32. The Kier molecular flexibility index (Phi) is 2.98. The van der Waals surface area contributed by atoms with Crippen molar-refractivity contribution in [2.24, 2.45) is 5.73 Å². The van der Waals surface area contributed by atoms with Gasteiger partial charge in [-0.3, -0.25) is 0 Å². The average Bonchev–Trinajstić information content (AvgIpc) is 2.71. The Bertz CT molecular complexity index is 241. The van der Waals surface area contributed by atoms with Gasteiger partial charge >= 0.3 is 0 Å². The van der Waals surface area contributed by atoms with Crippen LogP contribution in [0.3, 0.4) is 0 Å². The number of hydrogen-bond donors (Lipinski definition) is 1. The van der Waals surface area contributed by atoms with Crippen molar-refractivity contribution in [3.8, 4) is 0 Å². The lowest BCUT2D eigenvalue weighted by Crippen LogP contribution is -2.31. The Morgan fingerprint density at radius 2 is 2.46 bits per heavy atom. The monoisotopic (exact) mass is 197 g/mol. The summed E-state index contributed by atoms with van der Waals surface area (Å²) in [6.07, 6.45) is 3.79. The van der Waals surface area contributed by atoms with Crippen molar-refractivity contribution in [1.82, 2.24) is 0 Å². The highest BCUT2D eigenvalue weighted by Crippen LogP contribution is 2.25. The van der Waals surface area contributed by atoms with E-state index in [1.165, 1.54) is 18.4 Å². The molecule has 1 saturated heterocycles. The Balaban J connectivity index is 1.99. The quantitative estimate of drug-likeness (QED) is 0.789. The van der Waals surface area contributed by atoms with E-state index in [2.05, 4.69) is 16.8 Å². The standard InChI is InChI=1S/C10H15NOS/c11-10(8-4-6-13-7-8)9-3-1-2-5-12-9/h4,6-7,9-10H,1-3,5,11H2. The van der Waals surface area contributed by atoms with Crippen molar-refractivity contribution >= 4 is 11.3 Å². The minimum atomic E-state index is 0.0755. The van der Waals surface area contributed by atoms with E-state index < -0.39 is 0 Å². The van der Waals surface area contributed by atoms with Crippen LogP contribution in [0.25, 0.3) is 0 Å². The molecular weight excluding hydrogens is 182 g/mol. The molecule has 1 aliphatic rings. The number of ether oxygens (including phenoxy) is 1. The summed E-state index contributed by atoms with van der Waals surface area (Å²) < 4.78 is 5.64. The van der Waals surface area contributed by atoms with E-state index in [0.29, 0.717) is 0 Å². The van der Waals surface area contributed by atoms with Gasteiger partial charge in [0.2, 0.25) is 0 Å². The van der Waals surface area contributed by atoms with Crippen molar-refractivity contribution in [3.63, 3.8) is 0 Å². The van der Waals surface area contributed by atoms with Gasteiger partial charge in [-0.05, 0) is 41.7 Å². The molecule has 2 N–H and O–H groups in total. The zero-order valence-corrected chi connectivity index (χ0v) is 8.43. The van der Waals surface area contributed by atoms with E-state index in [-0.39, 0.29) is 12.1 Å². The lowest BCUT2D eigenvalue weighted by molar-refractivity contribution is 0.0000906. The van der Waals surface area contributed by atoms with Crippen LogP contribution in [-0.2, 0) is 4.74 Å². The van der Waals surface area contributed by atoms with Crippen LogP contribution in [0.15, 0.2) is 16.8 Å². The van der Waals surface area contributed by atoms with Gasteiger partial charge in [-0.15, -0.1) is 0 Å². The summed E-state index contributed by atoms with van der Waals surface area (Å²) in [6.45, 7) is 0.877. The molecule has 13 heavy (non-hydrogen) atoms. The van der Waals surface area contributed by atoms with Gasteiger partial charge in [-0.1, -0.05) is 0 Å². The first-order chi connectivity index (χ1) is 6.38. The van der Waals surface area contributed by atoms with Gasteiger partial charge in [-0.25, -0.2) is 0 Å². The molecule has 2 heterocycles. The number of thiophene rings is 1. The maximum Gasteiger partial charge on any atom is 0.0767 e.